The molecule has 0 saturated heterocycles. The monoisotopic (exact) mass is 281 g/mol. The van der Waals surface area contributed by atoms with Crippen LogP contribution >= 0.6 is 0 Å². The van der Waals surface area contributed by atoms with Crippen LogP contribution in [-0.2, 0) is 16.6 Å². The van der Waals surface area contributed by atoms with Gasteiger partial charge in [0.1, 0.15) is 16.5 Å². The quantitative estimate of drug-likeness (QED) is 0.840. The normalized spacial score (nSPS) is 11.7. The number of H-pyrrole nitrogens is 1. The second kappa shape index (κ2) is 5.37. The average Bonchev–Trinajstić information content (AvgIpc) is 2.91. The van der Waals surface area contributed by atoms with Crippen LogP contribution in [0.3, 0.4) is 0 Å². The van der Waals surface area contributed by atoms with Crippen molar-refractivity contribution in [1.82, 2.24) is 19.3 Å². The molecular weight excluding hydrogens is 266 g/mol. The summed E-state index contributed by atoms with van der Waals surface area (Å²) in [5.74, 6) is 1.21. The summed E-state index contributed by atoms with van der Waals surface area (Å²) in [6, 6.07) is 3.14. The molecular formula is C11H15N5O2S. The lowest BCUT2D eigenvalue weighted by Gasteiger charge is -2.15. The summed E-state index contributed by atoms with van der Waals surface area (Å²) in [5.41, 5.74) is 0. The van der Waals surface area contributed by atoms with Gasteiger partial charge in [-0.3, -0.25) is 0 Å². The molecule has 0 unspecified atom stereocenters. The first kappa shape index (κ1) is 13.5. The maximum absolute atomic E-state index is 12.3. The minimum absolute atomic E-state index is 0.153. The highest BCUT2D eigenvalue weighted by molar-refractivity contribution is 7.89. The Hall–Kier alpha value is -1.93. The zero-order valence-corrected chi connectivity index (χ0v) is 11.5. The first-order valence-electron chi connectivity index (χ1n) is 5.62. The number of hydrogen-bond acceptors (Lipinski definition) is 5. The smallest absolute Gasteiger partial charge is 0.244 e. The first-order chi connectivity index (χ1) is 9.04. The average molecular weight is 281 g/mol. The Balaban J connectivity index is 2.20. The third kappa shape index (κ3) is 2.91. The third-order valence-electron chi connectivity index (χ3n) is 2.63. The second-order valence-corrected chi connectivity index (χ2v) is 5.97. The van der Waals surface area contributed by atoms with Crippen molar-refractivity contribution in [1.29, 1.82) is 0 Å². The lowest BCUT2D eigenvalue weighted by molar-refractivity contribution is 0.458. The molecule has 2 rings (SSSR count). The number of aromatic amines is 1. The summed E-state index contributed by atoms with van der Waals surface area (Å²) in [7, 11) is -0.331. The van der Waals surface area contributed by atoms with Crippen molar-refractivity contribution >= 4 is 15.8 Å². The Bertz CT molecular complexity index is 622. The summed E-state index contributed by atoms with van der Waals surface area (Å²) in [6.45, 7) is 0.184. The van der Waals surface area contributed by atoms with Gasteiger partial charge in [0, 0.05) is 32.7 Å². The van der Waals surface area contributed by atoms with Crippen molar-refractivity contribution in [3.05, 3.63) is 36.5 Å². The number of imidazole rings is 1. The molecule has 0 aliphatic heterocycles. The fraction of sp³-hybridized carbons (Fsp3) is 0.273. The Morgan fingerprint density at radius 3 is 2.68 bits per heavy atom. The Kier molecular flexibility index (Phi) is 3.82. The number of rotatable bonds is 5. The van der Waals surface area contributed by atoms with E-state index in [1.807, 2.05) is 0 Å². The molecule has 2 heterocycles. The van der Waals surface area contributed by atoms with Gasteiger partial charge < -0.3 is 10.3 Å². The van der Waals surface area contributed by atoms with Crippen molar-refractivity contribution in [3.8, 4) is 0 Å². The Morgan fingerprint density at radius 2 is 2.16 bits per heavy atom. The highest BCUT2D eigenvalue weighted by Gasteiger charge is 2.21. The number of nitrogens with one attached hydrogen (secondary N) is 2. The third-order valence-corrected chi connectivity index (χ3v) is 4.41. The molecule has 2 aromatic rings. The Labute approximate surface area is 111 Å². The molecule has 2 aromatic heterocycles. The van der Waals surface area contributed by atoms with E-state index in [9.17, 15) is 8.42 Å². The molecule has 0 aromatic carbocycles. The fourth-order valence-electron chi connectivity index (χ4n) is 1.54. The largest absolute Gasteiger partial charge is 0.373 e. The van der Waals surface area contributed by atoms with Gasteiger partial charge in [-0.25, -0.2) is 18.4 Å². The fourth-order valence-corrected chi connectivity index (χ4v) is 2.62. The molecule has 0 atom stereocenters. The lowest BCUT2D eigenvalue weighted by Crippen LogP contribution is -2.27. The van der Waals surface area contributed by atoms with Gasteiger partial charge in [0.15, 0.2) is 0 Å². The first-order valence-corrected chi connectivity index (χ1v) is 7.06. The maximum Gasteiger partial charge on any atom is 0.244 e. The molecule has 2 N–H and O–H groups in total. The standard InChI is InChI=1S/C11H15N5O2S/c1-12-10-4-3-9(7-15-10)19(17,18)16(2)8-11-13-5-6-14-11/h3-7H,8H2,1-2H3,(H,12,15)(H,13,14). The van der Waals surface area contributed by atoms with Gasteiger partial charge >= 0.3 is 0 Å². The molecule has 0 aliphatic rings. The maximum atomic E-state index is 12.3. The van der Waals surface area contributed by atoms with Crippen LogP contribution in [0.15, 0.2) is 35.6 Å². The van der Waals surface area contributed by atoms with E-state index >= 15 is 0 Å². The summed E-state index contributed by atoms with van der Waals surface area (Å²) in [6.07, 6.45) is 4.57. The van der Waals surface area contributed by atoms with Crippen LogP contribution in [0, 0.1) is 0 Å². The van der Waals surface area contributed by atoms with E-state index < -0.39 is 10.0 Å². The van der Waals surface area contributed by atoms with Gasteiger partial charge in [0.25, 0.3) is 0 Å². The highest BCUT2D eigenvalue weighted by Crippen LogP contribution is 2.16. The minimum Gasteiger partial charge on any atom is -0.373 e. The van der Waals surface area contributed by atoms with E-state index in [0.29, 0.717) is 11.6 Å². The van der Waals surface area contributed by atoms with Gasteiger partial charge in [-0.05, 0) is 12.1 Å². The molecule has 0 amide bonds. The summed E-state index contributed by atoms with van der Waals surface area (Å²) in [4.78, 5) is 11.0. The van der Waals surface area contributed by atoms with Gasteiger partial charge in [-0.2, -0.15) is 4.31 Å². The molecule has 102 valence electrons. The van der Waals surface area contributed by atoms with Crippen LogP contribution in [0.25, 0.3) is 0 Å². The molecule has 0 aliphatic carbocycles. The van der Waals surface area contributed by atoms with Crippen LogP contribution < -0.4 is 5.32 Å². The topological polar surface area (TPSA) is 91.0 Å². The minimum atomic E-state index is -3.56. The van der Waals surface area contributed by atoms with E-state index in [4.69, 9.17) is 0 Å². The Morgan fingerprint density at radius 1 is 1.37 bits per heavy atom. The predicted molar refractivity (Wildman–Crippen MR) is 71.0 cm³/mol. The van der Waals surface area contributed by atoms with Crippen molar-refractivity contribution in [2.75, 3.05) is 19.4 Å². The van der Waals surface area contributed by atoms with Crippen LogP contribution in [0.1, 0.15) is 5.82 Å². The number of anilines is 1. The molecule has 19 heavy (non-hydrogen) atoms. The predicted octanol–water partition coefficient (Wildman–Crippen LogP) is 0.667. The number of aromatic nitrogens is 3. The number of nitrogens with zero attached hydrogens (tertiary/aromatic N) is 3. The molecule has 0 fully saturated rings. The SMILES string of the molecule is CNc1ccc(S(=O)(=O)N(C)Cc2ncc[nH]2)cn1. The van der Waals surface area contributed by atoms with Crippen molar-refractivity contribution in [2.45, 2.75) is 11.4 Å². The molecule has 0 spiro atoms. The van der Waals surface area contributed by atoms with E-state index in [0.717, 1.165) is 0 Å². The summed E-state index contributed by atoms with van der Waals surface area (Å²) < 4.78 is 25.8. The molecule has 7 nitrogen and oxygen atoms in total. The summed E-state index contributed by atoms with van der Waals surface area (Å²) in [5, 5.41) is 2.84. The number of sulfonamides is 1. The van der Waals surface area contributed by atoms with Gasteiger partial charge in [0.2, 0.25) is 10.0 Å². The lowest BCUT2D eigenvalue weighted by atomic mass is 10.5. The molecule has 0 bridgehead atoms. The summed E-state index contributed by atoms with van der Waals surface area (Å²) >= 11 is 0. The molecule has 0 saturated carbocycles. The van der Waals surface area contributed by atoms with Crippen molar-refractivity contribution in [3.63, 3.8) is 0 Å². The van der Waals surface area contributed by atoms with Gasteiger partial charge in [-0.15, -0.1) is 0 Å². The molecule has 0 radical (unpaired) electrons. The van der Waals surface area contributed by atoms with Crippen LogP contribution in [0.2, 0.25) is 0 Å². The van der Waals surface area contributed by atoms with Gasteiger partial charge in [-0.1, -0.05) is 0 Å². The number of hydrogen-bond donors (Lipinski definition) is 2. The van der Waals surface area contributed by atoms with Crippen molar-refractivity contribution in [2.24, 2.45) is 0 Å². The van der Waals surface area contributed by atoms with Crippen LogP contribution in [-0.4, -0.2) is 41.8 Å². The zero-order valence-electron chi connectivity index (χ0n) is 10.7. The number of pyridine rings is 1. The van der Waals surface area contributed by atoms with E-state index in [2.05, 4.69) is 20.3 Å². The second-order valence-electron chi connectivity index (χ2n) is 3.93. The zero-order chi connectivity index (χ0) is 13.9. The van der Waals surface area contributed by atoms with Crippen LogP contribution in [0.4, 0.5) is 5.82 Å². The highest BCUT2D eigenvalue weighted by atomic mass is 32.2. The van der Waals surface area contributed by atoms with E-state index in [-0.39, 0.29) is 11.4 Å². The van der Waals surface area contributed by atoms with Crippen LogP contribution in [0.5, 0.6) is 0 Å². The molecule has 8 heteroatoms. The van der Waals surface area contributed by atoms with Crippen molar-refractivity contribution < 1.29 is 8.42 Å². The van der Waals surface area contributed by atoms with E-state index in [1.54, 1.807) is 25.5 Å². The van der Waals surface area contributed by atoms with Gasteiger partial charge in [0.05, 0.1) is 6.54 Å². The van der Waals surface area contributed by atoms with E-state index in [1.165, 1.54) is 23.6 Å².